The van der Waals surface area contributed by atoms with Crippen molar-refractivity contribution in [2.24, 2.45) is 0 Å². The maximum absolute atomic E-state index is 11.5. The van der Waals surface area contributed by atoms with Crippen LogP contribution >= 0.6 is 0 Å². The fraction of sp³-hybridized carbons (Fsp3) is 0.778. The topological polar surface area (TPSA) is 77.8 Å². The number of aliphatic hydroxyl groups excluding tert-OH is 1. The SMILES string of the molecule is O=C(O)[C@@H]1CCCN1C(=O)CCCO. The first-order valence-electron chi connectivity index (χ1n) is 4.80. The first kappa shape index (κ1) is 11.0. The van der Waals surface area contributed by atoms with Gasteiger partial charge in [0.1, 0.15) is 6.04 Å². The molecule has 0 radical (unpaired) electrons. The highest BCUT2D eigenvalue weighted by atomic mass is 16.4. The number of hydrogen-bond donors (Lipinski definition) is 2. The van der Waals surface area contributed by atoms with Gasteiger partial charge >= 0.3 is 5.97 Å². The second kappa shape index (κ2) is 4.95. The molecule has 14 heavy (non-hydrogen) atoms. The van der Waals surface area contributed by atoms with Crippen molar-refractivity contribution in [3.63, 3.8) is 0 Å². The van der Waals surface area contributed by atoms with E-state index in [4.69, 9.17) is 10.2 Å². The van der Waals surface area contributed by atoms with Crippen LogP contribution < -0.4 is 0 Å². The summed E-state index contributed by atoms with van der Waals surface area (Å²) in [5.74, 6) is -1.09. The minimum absolute atomic E-state index is 0.0304. The molecule has 0 saturated carbocycles. The molecule has 1 heterocycles. The number of amides is 1. The van der Waals surface area contributed by atoms with Gasteiger partial charge in [0.15, 0.2) is 0 Å². The molecule has 1 amide bonds. The number of likely N-dealkylation sites (tertiary alicyclic amines) is 1. The van der Waals surface area contributed by atoms with Crippen LogP contribution in [0.4, 0.5) is 0 Å². The fourth-order valence-corrected chi connectivity index (χ4v) is 1.70. The van der Waals surface area contributed by atoms with E-state index >= 15 is 0 Å². The van der Waals surface area contributed by atoms with Crippen LogP contribution in [0.3, 0.4) is 0 Å². The van der Waals surface area contributed by atoms with Gasteiger partial charge in [-0.25, -0.2) is 4.79 Å². The van der Waals surface area contributed by atoms with Gasteiger partial charge in [-0.1, -0.05) is 0 Å². The molecule has 2 N–H and O–H groups in total. The summed E-state index contributed by atoms with van der Waals surface area (Å²) >= 11 is 0. The number of hydrogen-bond acceptors (Lipinski definition) is 3. The molecular formula is C9H15NO4. The van der Waals surface area contributed by atoms with Gasteiger partial charge in [-0.05, 0) is 19.3 Å². The summed E-state index contributed by atoms with van der Waals surface area (Å²) in [6.45, 7) is 0.499. The van der Waals surface area contributed by atoms with Crippen molar-refractivity contribution in [2.75, 3.05) is 13.2 Å². The lowest BCUT2D eigenvalue weighted by Crippen LogP contribution is -2.40. The van der Waals surface area contributed by atoms with E-state index in [1.54, 1.807) is 0 Å². The van der Waals surface area contributed by atoms with Crippen molar-refractivity contribution in [2.45, 2.75) is 31.7 Å². The molecular weight excluding hydrogens is 186 g/mol. The molecule has 0 bridgehead atoms. The number of aliphatic carboxylic acids is 1. The maximum Gasteiger partial charge on any atom is 0.326 e. The highest BCUT2D eigenvalue weighted by Crippen LogP contribution is 2.18. The Kier molecular flexibility index (Phi) is 3.88. The summed E-state index contributed by atoms with van der Waals surface area (Å²) in [6, 6.07) is -0.652. The van der Waals surface area contributed by atoms with Crippen LogP contribution in [-0.4, -0.2) is 46.2 Å². The predicted octanol–water partition coefficient (Wildman–Crippen LogP) is -0.165. The first-order chi connectivity index (χ1) is 6.66. The number of carbonyl (C=O) groups is 2. The van der Waals surface area contributed by atoms with Crippen molar-refractivity contribution in [1.29, 1.82) is 0 Å². The van der Waals surface area contributed by atoms with Gasteiger partial charge in [0.05, 0.1) is 0 Å². The molecule has 1 aliphatic rings. The number of carboxylic acids is 1. The molecule has 5 nitrogen and oxygen atoms in total. The minimum Gasteiger partial charge on any atom is -0.480 e. The quantitative estimate of drug-likeness (QED) is 0.662. The molecule has 1 atom stereocenters. The summed E-state index contributed by atoms with van der Waals surface area (Å²) in [5, 5.41) is 17.4. The Hall–Kier alpha value is -1.10. The second-order valence-corrected chi connectivity index (χ2v) is 3.41. The lowest BCUT2D eigenvalue weighted by atomic mass is 10.2. The van der Waals surface area contributed by atoms with Crippen molar-refractivity contribution in [3.05, 3.63) is 0 Å². The molecule has 0 aromatic carbocycles. The van der Waals surface area contributed by atoms with Crippen molar-refractivity contribution >= 4 is 11.9 Å². The summed E-state index contributed by atoms with van der Waals surface area (Å²) in [6.07, 6.45) is 1.93. The normalized spacial score (nSPS) is 21.2. The Labute approximate surface area is 82.3 Å². The molecule has 0 aromatic rings. The lowest BCUT2D eigenvalue weighted by molar-refractivity contribution is -0.148. The largest absolute Gasteiger partial charge is 0.480 e. The van der Waals surface area contributed by atoms with E-state index in [9.17, 15) is 9.59 Å². The van der Waals surface area contributed by atoms with Crippen LogP contribution in [-0.2, 0) is 9.59 Å². The third-order valence-electron chi connectivity index (χ3n) is 2.41. The molecule has 80 valence electrons. The van der Waals surface area contributed by atoms with Gasteiger partial charge in [0.25, 0.3) is 0 Å². The number of aliphatic hydroxyl groups is 1. The van der Waals surface area contributed by atoms with Crippen LogP contribution in [0.25, 0.3) is 0 Å². The number of rotatable bonds is 4. The van der Waals surface area contributed by atoms with E-state index in [-0.39, 0.29) is 18.9 Å². The zero-order valence-electron chi connectivity index (χ0n) is 7.98. The van der Waals surface area contributed by atoms with Crippen LogP contribution in [0, 0.1) is 0 Å². The molecule has 0 spiro atoms. The second-order valence-electron chi connectivity index (χ2n) is 3.41. The van der Waals surface area contributed by atoms with Gasteiger partial charge in [-0.3, -0.25) is 4.79 Å². The van der Waals surface area contributed by atoms with Gasteiger partial charge < -0.3 is 15.1 Å². The Bertz CT molecular complexity index is 229. The van der Waals surface area contributed by atoms with Gasteiger partial charge in [0, 0.05) is 19.6 Å². The van der Waals surface area contributed by atoms with Gasteiger partial charge in [-0.2, -0.15) is 0 Å². The Balaban J connectivity index is 2.49. The van der Waals surface area contributed by atoms with E-state index in [0.717, 1.165) is 6.42 Å². The van der Waals surface area contributed by atoms with Crippen LogP contribution in [0.5, 0.6) is 0 Å². The molecule has 5 heteroatoms. The maximum atomic E-state index is 11.5. The average molecular weight is 201 g/mol. The third kappa shape index (κ3) is 2.45. The van der Waals surface area contributed by atoms with Crippen LogP contribution in [0.1, 0.15) is 25.7 Å². The van der Waals surface area contributed by atoms with E-state index < -0.39 is 12.0 Å². The van der Waals surface area contributed by atoms with E-state index in [0.29, 0.717) is 19.4 Å². The molecule has 0 aliphatic carbocycles. The van der Waals surface area contributed by atoms with Gasteiger partial charge in [-0.15, -0.1) is 0 Å². The lowest BCUT2D eigenvalue weighted by Gasteiger charge is -2.21. The van der Waals surface area contributed by atoms with Crippen molar-refractivity contribution < 1.29 is 19.8 Å². The molecule has 0 aromatic heterocycles. The van der Waals surface area contributed by atoms with Crippen molar-refractivity contribution in [3.8, 4) is 0 Å². The number of carbonyl (C=O) groups excluding carboxylic acids is 1. The number of nitrogens with zero attached hydrogens (tertiary/aromatic N) is 1. The first-order valence-corrected chi connectivity index (χ1v) is 4.80. The standard InChI is InChI=1S/C9H15NO4/c11-6-2-4-8(12)10-5-1-3-7(10)9(13)14/h7,11H,1-6H2,(H,13,14)/t7-/m0/s1. The fourth-order valence-electron chi connectivity index (χ4n) is 1.70. The molecule has 1 rings (SSSR count). The van der Waals surface area contributed by atoms with Crippen molar-refractivity contribution in [1.82, 2.24) is 4.90 Å². The van der Waals surface area contributed by atoms with E-state index in [1.165, 1.54) is 4.90 Å². The summed E-state index contributed by atoms with van der Waals surface area (Å²) < 4.78 is 0. The zero-order chi connectivity index (χ0) is 10.6. The average Bonchev–Trinajstić information content (AvgIpc) is 2.62. The Morgan fingerprint density at radius 1 is 1.43 bits per heavy atom. The molecule has 1 aliphatic heterocycles. The highest BCUT2D eigenvalue weighted by molar-refractivity contribution is 5.84. The predicted molar refractivity (Wildman–Crippen MR) is 48.7 cm³/mol. The Morgan fingerprint density at radius 2 is 2.14 bits per heavy atom. The molecule has 0 unspecified atom stereocenters. The molecule has 1 saturated heterocycles. The monoisotopic (exact) mass is 201 g/mol. The van der Waals surface area contributed by atoms with E-state index in [2.05, 4.69) is 0 Å². The molecule has 1 fully saturated rings. The minimum atomic E-state index is -0.931. The summed E-state index contributed by atoms with van der Waals surface area (Å²) in [5.41, 5.74) is 0. The smallest absolute Gasteiger partial charge is 0.326 e. The van der Waals surface area contributed by atoms with E-state index in [1.807, 2.05) is 0 Å². The Morgan fingerprint density at radius 3 is 2.71 bits per heavy atom. The van der Waals surface area contributed by atoms with Crippen LogP contribution in [0.2, 0.25) is 0 Å². The highest BCUT2D eigenvalue weighted by Gasteiger charge is 2.33. The van der Waals surface area contributed by atoms with Crippen LogP contribution in [0.15, 0.2) is 0 Å². The van der Waals surface area contributed by atoms with Gasteiger partial charge in [0.2, 0.25) is 5.91 Å². The zero-order valence-corrected chi connectivity index (χ0v) is 7.98. The summed E-state index contributed by atoms with van der Waals surface area (Å²) in [4.78, 5) is 23.6. The third-order valence-corrected chi connectivity index (χ3v) is 2.41. The summed E-state index contributed by atoms with van der Waals surface area (Å²) in [7, 11) is 0. The number of carboxylic acid groups (broad SMARTS) is 1.